The van der Waals surface area contributed by atoms with E-state index in [4.69, 9.17) is 5.14 Å². The summed E-state index contributed by atoms with van der Waals surface area (Å²) in [6.07, 6.45) is -4.88. The van der Waals surface area contributed by atoms with Crippen LogP contribution in [0.1, 0.15) is 15.9 Å². The molecule has 1 aliphatic heterocycles. The Morgan fingerprint density at radius 3 is 2.32 bits per heavy atom. The zero-order chi connectivity index (χ0) is 16.5. The summed E-state index contributed by atoms with van der Waals surface area (Å²) >= 11 is 0. The lowest BCUT2D eigenvalue weighted by Gasteiger charge is -2.26. The molecule has 1 saturated heterocycles. The summed E-state index contributed by atoms with van der Waals surface area (Å²) in [5.41, 5.74) is -1.54. The number of hydrogen-bond donors (Lipinski definition) is 1. The smallest absolute Gasteiger partial charge is 0.336 e. The van der Waals surface area contributed by atoms with E-state index in [1.807, 2.05) is 0 Å². The summed E-state index contributed by atoms with van der Waals surface area (Å²) in [5.74, 6) is -0.548. The highest BCUT2D eigenvalue weighted by Crippen LogP contribution is 2.34. The van der Waals surface area contributed by atoms with Crippen molar-refractivity contribution in [2.24, 2.45) is 5.14 Å². The highest BCUT2D eigenvalue weighted by Gasteiger charge is 2.37. The lowest BCUT2D eigenvalue weighted by Crippen LogP contribution is -2.43. The van der Waals surface area contributed by atoms with Crippen LogP contribution in [0.25, 0.3) is 0 Å². The van der Waals surface area contributed by atoms with Gasteiger partial charge in [-0.1, -0.05) is 0 Å². The van der Waals surface area contributed by atoms with Crippen molar-refractivity contribution < 1.29 is 26.4 Å². The van der Waals surface area contributed by atoms with Crippen LogP contribution < -0.4 is 10.5 Å². The number of piperazine rings is 1. The summed E-state index contributed by atoms with van der Waals surface area (Å²) in [6.45, 7) is 1.55. The average Bonchev–Trinajstić information content (AvgIpc) is 2.45. The molecule has 0 aliphatic carbocycles. The molecule has 1 aromatic carbocycles. The molecule has 2 N–H and O–H groups in total. The Bertz CT molecular complexity index is 683. The van der Waals surface area contributed by atoms with Crippen molar-refractivity contribution in [3.05, 3.63) is 29.3 Å². The van der Waals surface area contributed by atoms with Crippen molar-refractivity contribution >= 4 is 15.9 Å². The number of nitrogens with zero attached hydrogens (tertiary/aromatic N) is 2. The first kappa shape index (κ1) is 16.7. The highest BCUT2D eigenvalue weighted by atomic mass is 32.2. The first-order valence-electron chi connectivity index (χ1n) is 6.27. The van der Waals surface area contributed by atoms with Gasteiger partial charge in [0.25, 0.3) is 5.91 Å². The van der Waals surface area contributed by atoms with Crippen molar-refractivity contribution in [3.8, 4) is 0 Å². The first-order valence-corrected chi connectivity index (χ1v) is 7.82. The molecule has 0 saturated carbocycles. The van der Waals surface area contributed by atoms with E-state index in [-0.39, 0.29) is 5.56 Å². The molecule has 121 valence electrons. The third-order valence-electron chi connectivity index (χ3n) is 3.18. The summed E-state index contributed by atoms with van der Waals surface area (Å²) in [6, 6.07) is 2.18. The summed E-state index contributed by atoms with van der Waals surface area (Å²) < 4.78 is 61.3. The van der Waals surface area contributed by atoms with Gasteiger partial charge in [0.1, 0.15) is 0 Å². The highest BCUT2D eigenvalue weighted by molar-refractivity contribution is 7.89. The average molecular weight is 336 g/mol. The minimum absolute atomic E-state index is 0.154. The molecular weight excluding hydrogens is 323 g/mol. The van der Waals surface area contributed by atoms with Crippen LogP contribution in [-0.2, 0) is 16.2 Å². The number of nitrogens with two attached hydrogens (primary N) is 1. The molecule has 0 aromatic heterocycles. The molecule has 0 unspecified atom stereocenters. The van der Waals surface area contributed by atoms with Gasteiger partial charge in [0.2, 0.25) is 10.0 Å². The van der Waals surface area contributed by atoms with Gasteiger partial charge >= 0.3 is 6.18 Å². The molecule has 2 rings (SSSR count). The van der Waals surface area contributed by atoms with E-state index in [2.05, 4.69) is 5.32 Å². The number of alkyl halides is 3. The topological polar surface area (TPSA) is 94.6 Å². The van der Waals surface area contributed by atoms with E-state index in [1.54, 1.807) is 0 Å². The van der Waals surface area contributed by atoms with Crippen LogP contribution in [0.3, 0.4) is 0 Å². The molecule has 1 aliphatic rings. The van der Waals surface area contributed by atoms with E-state index in [0.717, 1.165) is 6.07 Å². The van der Waals surface area contributed by atoms with Crippen molar-refractivity contribution in [1.82, 2.24) is 10.2 Å². The Balaban J connectivity index is 2.45. The second kappa shape index (κ2) is 5.86. The fourth-order valence-electron chi connectivity index (χ4n) is 2.12. The molecule has 1 amide bonds. The first-order chi connectivity index (χ1) is 10.1. The largest absolute Gasteiger partial charge is 0.417 e. The van der Waals surface area contributed by atoms with Gasteiger partial charge in [-0.3, -0.25) is 4.79 Å². The van der Waals surface area contributed by atoms with Gasteiger partial charge in [-0.15, -0.1) is 0 Å². The van der Waals surface area contributed by atoms with Crippen molar-refractivity contribution in [1.29, 1.82) is 0 Å². The van der Waals surface area contributed by atoms with Gasteiger partial charge in [-0.05, 0) is 18.2 Å². The van der Waals surface area contributed by atoms with Crippen LogP contribution >= 0.6 is 0 Å². The third-order valence-corrected chi connectivity index (χ3v) is 4.13. The predicted octanol–water partition coefficient (Wildman–Crippen LogP) is 0.413. The molecule has 0 spiro atoms. The third kappa shape index (κ3) is 3.57. The Kier molecular flexibility index (Phi) is 4.45. The van der Waals surface area contributed by atoms with Crippen LogP contribution in [0.5, 0.6) is 0 Å². The van der Waals surface area contributed by atoms with Crippen LogP contribution in [0.2, 0.25) is 0 Å². The predicted molar refractivity (Wildman–Crippen MR) is 70.6 cm³/mol. The quantitative estimate of drug-likeness (QED) is 0.847. The van der Waals surface area contributed by atoms with Crippen molar-refractivity contribution in [2.45, 2.75) is 11.1 Å². The number of amides is 1. The number of benzene rings is 1. The number of sulfonamides is 1. The van der Waals surface area contributed by atoms with Crippen LogP contribution in [-0.4, -0.2) is 45.4 Å². The van der Waals surface area contributed by atoms with E-state index in [0.29, 0.717) is 38.3 Å². The number of rotatable bonds is 2. The maximum absolute atomic E-state index is 12.8. The number of halogens is 3. The number of carbonyl (C=O) groups is 1. The van der Waals surface area contributed by atoms with Gasteiger partial charge < -0.3 is 4.90 Å². The van der Waals surface area contributed by atoms with E-state index < -0.39 is 32.6 Å². The lowest BCUT2D eigenvalue weighted by molar-refractivity contribution is -0.139. The summed E-state index contributed by atoms with van der Waals surface area (Å²) in [5, 5.41) is 8.88. The Hall–Kier alpha value is -1.65. The van der Waals surface area contributed by atoms with E-state index in [1.165, 1.54) is 4.90 Å². The minimum Gasteiger partial charge on any atom is -0.336 e. The monoisotopic (exact) mass is 336 g/mol. The lowest BCUT2D eigenvalue weighted by atomic mass is 10.1. The number of carbonyl (C=O) groups excluding carboxylic acids is 1. The standard InChI is InChI=1S/C12H13F3N3O3S/c13-12(14,15)9-2-1-8(7-10(9)22(16,20)21)11(19)18-5-3-17-4-6-18/h1-2,7H,3-6H2,(H2,16,20,21). The molecule has 0 atom stereocenters. The van der Waals surface area contributed by atoms with Crippen molar-refractivity contribution in [2.75, 3.05) is 26.2 Å². The molecule has 0 bridgehead atoms. The summed E-state index contributed by atoms with van der Waals surface area (Å²) in [4.78, 5) is 12.5. The molecule has 1 heterocycles. The fourth-order valence-corrected chi connectivity index (χ4v) is 2.90. The minimum atomic E-state index is -4.88. The summed E-state index contributed by atoms with van der Waals surface area (Å²) in [7, 11) is -4.61. The number of hydrogen-bond acceptors (Lipinski definition) is 3. The van der Waals surface area contributed by atoms with Crippen LogP contribution in [0, 0.1) is 0 Å². The Morgan fingerprint density at radius 2 is 1.82 bits per heavy atom. The van der Waals surface area contributed by atoms with Gasteiger partial charge in [-0.25, -0.2) is 18.9 Å². The maximum Gasteiger partial charge on any atom is 0.417 e. The van der Waals surface area contributed by atoms with Gasteiger partial charge in [0, 0.05) is 31.7 Å². The van der Waals surface area contributed by atoms with E-state index >= 15 is 0 Å². The zero-order valence-corrected chi connectivity index (χ0v) is 12.1. The van der Waals surface area contributed by atoms with Crippen LogP contribution in [0.4, 0.5) is 13.2 Å². The van der Waals surface area contributed by atoms with Crippen molar-refractivity contribution in [3.63, 3.8) is 0 Å². The Labute approximate surface area is 125 Å². The molecule has 10 heteroatoms. The Morgan fingerprint density at radius 1 is 1.23 bits per heavy atom. The molecule has 22 heavy (non-hydrogen) atoms. The molecular formula is C12H13F3N3O3S. The van der Waals surface area contributed by atoms with Crippen LogP contribution in [0.15, 0.2) is 23.1 Å². The SMILES string of the molecule is NS(=O)(=O)c1cc(C(=O)N2CC[N]CC2)ccc1C(F)(F)F. The number of primary sulfonamides is 1. The molecule has 1 aromatic rings. The van der Waals surface area contributed by atoms with Gasteiger partial charge in [0.05, 0.1) is 10.5 Å². The molecule has 1 radical (unpaired) electrons. The zero-order valence-electron chi connectivity index (χ0n) is 11.3. The van der Waals surface area contributed by atoms with E-state index in [9.17, 15) is 26.4 Å². The van der Waals surface area contributed by atoms with Gasteiger partial charge in [-0.2, -0.15) is 13.2 Å². The molecule has 1 fully saturated rings. The normalized spacial score (nSPS) is 16.6. The second-order valence-corrected chi connectivity index (χ2v) is 6.25. The molecule has 6 nitrogen and oxygen atoms in total. The van der Waals surface area contributed by atoms with Gasteiger partial charge in [0.15, 0.2) is 0 Å². The maximum atomic E-state index is 12.8. The fraction of sp³-hybridized carbons (Fsp3) is 0.417. The second-order valence-electron chi connectivity index (χ2n) is 4.72.